The summed E-state index contributed by atoms with van der Waals surface area (Å²) in [5.74, 6) is 0.0568. The second-order valence-electron chi connectivity index (χ2n) is 4.92. The lowest BCUT2D eigenvalue weighted by Gasteiger charge is -2.26. The summed E-state index contributed by atoms with van der Waals surface area (Å²) in [5.41, 5.74) is -0.551. The summed E-state index contributed by atoms with van der Waals surface area (Å²) in [7, 11) is 0. The van der Waals surface area contributed by atoms with Crippen LogP contribution in [0.1, 0.15) is 39.5 Å². The predicted octanol–water partition coefficient (Wildman–Crippen LogP) is 1.88. The molecule has 1 fully saturated rings. The molecule has 1 heterocycles. The molecule has 0 aromatic carbocycles. The van der Waals surface area contributed by atoms with Crippen molar-refractivity contribution in [2.75, 3.05) is 13.1 Å². The van der Waals surface area contributed by atoms with Crippen LogP contribution in [0.2, 0.25) is 0 Å². The third-order valence-corrected chi connectivity index (χ3v) is 3.22. The average Bonchev–Trinajstić information content (AvgIpc) is 2.16. The fourth-order valence-electron chi connectivity index (χ4n) is 1.84. The Hall–Kier alpha value is -0.570. The number of hydrogen-bond donors (Lipinski definition) is 2. The average molecular weight is 199 g/mol. The number of piperidine rings is 1. The molecule has 0 amide bonds. The molecule has 0 atom stereocenters. The molecule has 1 rings (SSSR count). The summed E-state index contributed by atoms with van der Waals surface area (Å²) in [6, 6.07) is 0. The molecule has 0 unspecified atom stereocenters. The Morgan fingerprint density at radius 3 is 2.50 bits per heavy atom. The zero-order valence-corrected chi connectivity index (χ0v) is 9.18. The molecule has 1 aliphatic heterocycles. The SMILES string of the molecule is CC(C)(CCC1CCNCC1)C(=O)O. The van der Waals surface area contributed by atoms with Gasteiger partial charge in [-0.05, 0) is 58.5 Å². The fourth-order valence-corrected chi connectivity index (χ4v) is 1.84. The van der Waals surface area contributed by atoms with Gasteiger partial charge >= 0.3 is 5.97 Å². The molecule has 1 aliphatic rings. The largest absolute Gasteiger partial charge is 0.481 e. The van der Waals surface area contributed by atoms with Gasteiger partial charge in [0.15, 0.2) is 0 Å². The maximum atomic E-state index is 10.9. The van der Waals surface area contributed by atoms with Crippen molar-refractivity contribution in [2.45, 2.75) is 39.5 Å². The van der Waals surface area contributed by atoms with Gasteiger partial charge in [0.25, 0.3) is 0 Å². The van der Waals surface area contributed by atoms with Gasteiger partial charge in [-0.2, -0.15) is 0 Å². The summed E-state index contributed by atoms with van der Waals surface area (Å²) in [4.78, 5) is 10.9. The van der Waals surface area contributed by atoms with E-state index in [0.717, 1.165) is 31.8 Å². The molecule has 2 N–H and O–H groups in total. The van der Waals surface area contributed by atoms with Crippen LogP contribution in [0.3, 0.4) is 0 Å². The second kappa shape index (κ2) is 4.78. The molecule has 0 aromatic rings. The Kier molecular flexibility index (Phi) is 3.93. The first-order valence-corrected chi connectivity index (χ1v) is 5.46. The van der Waals surface area contributed by atoms with Crippen LogP contribution in [0.15, 0.2) is 0 Å². The lowest BCUT2D eigenvalue weighted by atomic mass is 9.82. The van der Waals surface area contributed by atoms with Gasteiger partial charge < -0.3 is 10.4 Å². The van der Waals surface area contributed by atoms with Crippen LogP contribution in [0, 0.1) is 11.3 Å². The zero-order chi connectivity index (χ0) is 10.6. The van der Waals surface area contributed by atoms with Gasteiger partial charge in [-0.25, -0.2) is 0 Å². The molecule has 3 heteroatoms. The molecule has 1 saturated heterocycles. The van der Waals surface area contributed by atoms with E-state index in [1.54, 1.807) is 0 Å². The van der Waals surface area contributed by atoms with E-state index >= 15 is 0 Å². The first-order chi connectivity index (χ1) is 6.52. The van der Waals surface area contributed by atoms with Gasteiger partial charge in [0.05, 0.1) is 5.41 Å². The van der Waals surface area contributed by atoms with Gasteiger partial charge in [-0.3, -0.25) is 4.79 Å². The Balaban J connectivity index is 2.28. The molecule has 0 saturated carbocycles. The van der Waals surface area contributed by atoms with Crippen LogP contribution in [0.25, 0.3) is 0 Å². The van der Waals surface area contributed by atoms with Crippen molar-refractivity contribution < 1.29 is 9.90 Å². The first kappa shape index (κ1) is 11.5. The second-order valence-corrected chi connectivity index (χ2v) is 4.92. The minimum Gasteiger partial charge on any atom is -0.481 e. The summed E-state index contributed by atoms with van der Waals surface area (Å²) in [6.07, 6.45) is 4.26. The van der Waals surface area contributed by atoms with Crippen molar-refractivity contribution >= 4 is 5.97 Å². The van der Waals surface area contributed by atoms with E-state index < -0.39 is 11.4 Å². The fraction of sp³-hybridized carbons (Fsp3) is 0.909. The molecule has 0 aromatic heterocycles. The van der Waals surface area contributed by atoms with Crippen LogP contribution in [0.4, 0.5) is 0 Å². The maximum Gasteiger partial charge on any atom is 0.309 e. The number of nitrogens with one attached hydrogen (secondary N) is 1. The Bertz CT molecular complexity index is 195. The van der Waals surface area contributed by atoms with Gasteiger partial charge in [-0.15, -0.1) is 0 Å². The third kappa shape index (κ3) is 3.29. The molecule has 3 nitrogen and oxygen atoms in total. The van der Waals surface area contributed by atoms with Crippen LogP contribution >= 0.6 is 0 Å². The number of carbonyl (C=O) groups is 1. The predicted molar refractivity (Wildman–Crippen MR) is 56.2 cm³/mol. The summed E-state index contributed by atoms with van der Waals surface area (Å²) >= 11 is 0. The first-order valence-electron chi connectivity index (χ1n) is 5.46. The number of aliphatic carboxylic acids is 1. The maximum absolute atomic E-state index is 10.9. The molecule has 0 spiro atoms. The van der Waals surface area contributed by atoms with E-state index in [9.17, 15) is 4.79 Å². The van der Waals surface area contributed by atoms with Gasteiger partial charge in [0, 0.05) is 0 Å². The van der Waals surface area contributed by atoms with Crippen LogP contribution in [0.5, 0.6) is 0 Å². The quantitative estimate of drug-likeness (QED) is 0.726. The lowest BCUT2D eigenvalue weighted by Crippen LogP contribution is -2.30. The zero-order valence-electron chi connectivity index (χ0n) is 9.18. The summed E-state index contributed by atoms with van der Waals surface area (Å²) in [5, 5.41) is 12.3. The van der Waals surface area contributed by atoms with Crippen molar-refractivity contribution in [3.8, 4) is 0 Å². The highest BCUT2D eigenvalue weighted by Gasteiger charge is 2.28. The monoisotopic (exact) mass is 199 g/mol. The van der Waals surface area contributed by atoms with Crippen LogP contribution in [-0.4, -0.2) is 24.2 Å². The molecular formula is C11H21NO2. The minimum atomic E-state index is -0.675. The van der Waals surface area contributed by atoms with Crippen molar-refractivity contribution in [3.63, 3.8) is 0 Å². The van der Waals surface area contributed by atoms with Gasteiger partial charge in [0.1, 0.15) is 0 Å². The Morgan fingerprint density at radius 2 is 2.00 bits per heavy atom. The molecule has 0 bridgehead atoms. The smallest absolute Gasteiger partial charge is 0.309 e. The number of hydrogen-bond acceptors (Lipinski definition) is 2. The molecule has 0 aliphatic carbocycles. The number of carboxylic acid groups (broad SMARTS) is 1. The van der Waals surface area contributed by atoms with E-state index in [1.807, 2.05) is 13.8 Å². The third-order valence-electron chi connectivity index (χ3n) is 3.22. The van der Waals surface area contributed by atoms with E-state index in [2.05, 4.69) is 5.32 Å². The van der Waals surface area contributed by atoms with Gasteiger partial charge in [-0.1, -0.05) is 0 Å². The molecule has 0 radical (unpaired) electrons. The standard InChI is InChI=1S/C11H21NO2/c1-11(2,10(13)14)6-3-9-4-7-12-8-5-9/h9,12H,3-8H2,1-2H3,(H,13,14). The van der Waals surface area contributed by atoms with E-state index in [0.29, 0.717) is 0 Å². The summed E-state index contributed by atoms with van der Waals surface area (Å²) in [6.45, 7) is 5.82. The topological polar surface area (TPSA) is 49.3 Å². The summed E-state index contributed by atoms with van der Waals surface area (Å²) < 4.78 is 0. The molecular weight excluding hydrogens is 178 g/mol. The number of rotatable bonds is 4. The van der Waals surface area contributed by atoms with Crippen LogP contribution < -0.4 is 5.32 Å². The van der Waals surface area contributed by atoms with Crippen molar-refractivity contribution in [1.29, 1.82) is 0 Å². The Morgan fingerprint density at radius 1 is 1.43 bits per heavy atom. The Labute approximate surface area is 85.9 Å². The van der Waals surface area contributed by atoms with E-state index in [4.69, 9.17) is 5.11 Å². The van der Waals surface area contributed by atoms with Crippen molar-refractivity contribution in [2.24, 2.45) is 11.3 Å². The molecule has 82 valence electrons. The van der Waals surface area contributed by atoms with E-state index in [-0.39, 0.29) is 0 Å². The highest BCUT2D eigenvalue weighted by Crippen LogP contribution is 2.28. The highest BCUT2D eigenvalue weighted by atomic mass is 16.4. The number of carboxylic acids is 1. The van der Waals surface area contributed by atoms with Crippen molar-refractivity contribution in [3.05, 3.63) is 0 Å². The molecule has 14 heavy (non-hydrogen) atoms. The normalized spacial score (nSPS) is 19.6. The van der Waals surface area contributed by atoms with Crippen molar-refractivity contribution in [1.82, 2.24) is 5.32 Å². The minimum absolute atomic E-state index is 0.551. The van der Waals surface area contributed by atoms with Gasteiger partial charge in [0.2, 0.25) is 0 Å². The lowest BCUT2D eigenvalue weighted by molar-refractivity contribution is -0.147. The van der Waals surface area contributed by atoms with Crippen LogP contribution in [-0.2, 0) is 4.79 Å². The highest BCUT2D eigenvalue weighted by molar-refractivity contribution is 5.73. The van der Waals surface area contributed by atoms with E-state index in [1.165, 1.54) is 12.8 Å².